The highest BCUT2D eigenvalue weighted by molar-refractivity contribution is 5.75. The molecular formula is C9H17NO5. The van der Waals surface area contributed by atoms with E-state index in [9.17, 15) is 14.7 Å². The Kier molecular flexibility index (Phi) is 4.70. The van der Waals surface area contributed by atoms with Crippen molar-refractivity contribution in [1.82, 2.24) is 0 Å². The molecule has 6 nitrogen and oxygen atoms in total. The number of aliphatic hydroxyl groups excluding tert-OH is 1. The number of hydrogen-bond acceptors (Lipinski definition) is 5. The molecule has 4 N–H and O–H groups in total. The summed E-state index contributed by atoms with van der Waals surface area (Å²) in [5.41, 5.74) is 4.20. The number of carbonyl (C=O) groups excluding carboxylic acids is 1. The zero-order valence-corrected chi connectivity index (χ0v) is 9.06. The van der Waals surface area contributed by atoms with Gasteiger partial charge in [0.2, 0.25) is 0 Å². The van der Waals surface area contributed by atoms with Crippen molar-refractivity contribution in [2.75, 3.05) is 6.61 Å². The summed E-state index contributed by atoms with van der Waals surface area (Å²) in [7, 11) is 0. The van der Waals surface area contributed by atoms with Crippen LogP contribution in [0.3, 0.4) is 0 Å². The van der Waals surface area contributed by atoms with Crippen LogP contribution in [-0.2, 0) is 14.3 Å². The molecule has 0 heterocycles. The summed E-state index contributed by atoms with van der Waals surface area (Å²) < 4.78 is 4.75. The van der Waals surface area contributed by atoms with Gasteiger partial charge in [0.05, 0.1) is 6.61 Å². The molecule has 0 saturated carbocycles. The topological polar surface area (TPSA) is 110 Å². The first-order valence-electron chi connectivity index (χ1n) is 4.51. The number of rotatable bonds is 5. The van der Waals surface area contributed by atoms with E-state index in [1.807, 2.05) is 0 Å². The molecule has 0 aromatic carbocycles. The van der Waals surface area contributed by atoms with Gasteiger partial charge in [-0.05, 0) is 6.92 Å². The highest BCUT2D eigenvalue weighted by atomic mass is 16.5. The van der Waals surface area contributed by atoms with Crippen molar-refractivity contribution >= 4 is 11.9 Å². The van der Waals surface area contributed by atoms with E-state index in [1.54, 1.807) is 0 Å². The maximum Gasteiger partial charge on any atom is 0.333 e. The number of aliphatic carboxylic acids is 1. The van der Waals surface area contributed by atoms with Crippen LogP contribution in [-0.4, -0.2) is 40.9 Å². The normalized spacial score (nSPS) is 15.5. The molecule has 2 atom stereocenters. The number of carbonyl (C=O) groups is 2. The van der Waals surface area contributed by atoms with Crippen LogP contribution in [0.2, 0.25) is 0 Å². The number of aliphatic hydroxyl groups is 1. The summed E-state index contributed by atoms with van der Waals surface area (Å²) in [6.07, 6.45) is -1.58. The lowest BCUT2D eigenvalue weighted by Crippen LogP contribution is -2.41. The van der Waals surface area contributed by atoms with Crippen LogP contribution in [0.25, 0.3) is 0 Å². The third kappa shape index (κ3) is 4.26. The molecule has 6 heteroatoms. The number of carboxylic acid groups (broad SMARTS) is 1. The zero-order chi connectivity index (χ0) is 12.2. The van der Waals surface area contributed by atoms with E-state index < -0.39 is 29.5 Å². The Morgan fingerprint density at radius 3 is 2.27 bits per heavy atom. The summed E-state index contributed by atoms with van der Waals surface area (Å²) in [6, 6.07) is -0.761. The summed E-state index contributed by atoms with van der Waals surface area (Å²) in [5, 5.41) is 17.9. The van der Waals surface area contributed by atoms with Crippen LogP contribution in [0.1, 0.15) is 20.8 Å². The quantitative estimate of drug-likeness (QED) is 0.530. The molecule has 0 amide bonds. The third-order valence-corrected chi connectivity index (χ3v) is 1.93. The molecule has 0 radical (unpaired) electrons. The summed E-state index contributed by atoms with van der Waals surface area (Å²) in [6.45, 7) is 4.24. The van der Waals surface area contributed by atoms with Crippen LogP contribution in [0.4, 0.5) is 0 Å². The predicted octanol–water partition coefficient (Wildman–Crippen LogP) is -0.652. The average Bonchev–Trinajstić information content (AvgIpc) is 2.12. The number of esters is 1. The van der Waals surface area contributed by atoms with Crippen LogP contribution < -0.4 is 5.73 Å². The molecule has 0 spiro atoms. The van der Waals surface area contributed by atoms with Crippen molar-refractivity contribution in [3.63, 3.8) is 0 Å². The van der Waals surface area contributed by atoms with Gasteiger partial charge in [-0.3, -0.25) is 4.79 Å². The minimum absolute atomic E-state index is 0.194. The van der Waals surface area contributed by atoms with E-state index in [4.69, 9.17) is 15.6 Å². The molecule has 0 aromatic rings. The Bertz CT molecular complexity index is 249. The average molecular weight is 219 g/mol. The molecular weight excluding hydrogens is 202 g/mol. The van der Waals surface area contributed by atoms with Gasteiger partial charge in [-0.1, -0.05) is 13.8 Å². The van der Waals surface area contributed by atoms with E-state index in [0.29, 0.717) is 0 Å². The second-order valence-corrected chi connectivity index (χ2v) is 4.13. The molecule has 0 aliphatic heterocycles. The Labute approximate surface area is 88.0 Å². The second kappa shape index (κ2) is 5.09. The first kappa shape index (κ1) is 13.9. The van der Waals surface area contributed by atoms with Gasteiger partial charge in [-0.2, -0.15) is 0 Å². The van der Waals surface area contributed by atoms with E-state index >= 15 is 0 Å². The fourth-order valence-corrected chi connectivity index (χ4v) is 0.802. The fourth-order valence-electron chi connectivity index (χ4n) is 0.802. The first-order chi connectivity index (χ1) is 6.68. The van der Waals surface area contributed by atoms with Crippen LogP contribution >= 0.6 is 0 Å². The molecule has 0 aliphatic carbocycles. The zero-order valence-electron chi connectivity index (χ0n) is 9.06. The number of hydrogen-bond donors (Lipinski definition) is 3. The summed E-state index contributed by atoms with van der Waals surface area (Å²) in [4.78, 5) is 21.5. The van der Waals surface area contributed by atoms with E-state index in [2.05, 4.69) is 0 Å². The fraction of sp³-hybridized carbons (Fsp3) is 0.778. The van der Waals surface area contributed by atoms with Crippen molar-refractivity contribution in [2.45, 2.75) is 32.9 Å². The number of carboxylic acids is 1. The van der Waals surface area contributed by atoms with E-state index in [1.165, 1.54) is 20.8 Å². The Balaban J connectivity index is 4.27. The Morgan fingerprint density at radius 1 is 1.47 bits per heavy atom. The summed E-state index contributed by atoms with van der Waals surface area (Å²) >= 11 is 0. The SMILES string of the molecule is C[C@H](N)C(=O)OCC(C)(C)C(O)C(=O)O. The molecule has 15 heavy (non-hydrogen) atoms. The van der Waals surface area contributed by atoms with Gasteiger partial charge in [-0.25, -0.2) is 4.79 Å². The van der Waals surface area contributed by atoms with Crippen LogP contribution in [0.5, 0.6) is 0 Å². The van der Waals surface area contributed by atoms with Crippen molar-refractivity contribution in [1.29, 1.82) is 0 Å². The summed E-state index contributed by atoms with van der Waals surface area (Å²) in [5.74, 6) is -1.97. The highest BCUT2D eigenvalue weighted by Crippen LogP contribution is 2.21. The molecule has 0 bridgehead atoms. The van der Waals surface area contributed by atoms with Crippen molar-refractivity contribution < 1.29 is 24.5 Å². The van der Waals surface area contributed by atoms with Gasteiger partial charge in [0.15, 0.2) is 6.10 Å². The van der Waals surface area contributed by atoms with E-state index in [0.717, 1.165) is 0 Å². The second-order valence-electron chi connectivity index (χ2n) is 4.13. The lowest BCUT2D eigenvalue weighted by molar-refractivity contribution is -0.162. The largest absolute Gasteiger partial charge is 0.479 e. The predicted molar refractivity (Wildman–Crippen MR) is 52.0 cm³/mol. The highest BCUT2D eigenvalue weighted by Gasteiger charge is 2.35. The standard InChI is InChI=1S/C9H17NO5/c1-5(10)8(14)15-4-9(2,3)6(11)7(12)13/h5-6,11H,4,10H2,1-3H3,(H,12,13)/t5-,6?/m0/s1. The maximum absolute atomic E-state index is 11.0. The molecule has 88 valence electrons. The molecule has 1 unspecified atom stereocenters. The van der Waals surface area contributed by atoms with Gasteiger partial charge in [0.1, 0.15) is 6.04 Å². The number of nitrogens with two attached hydrogens (primary N) is 1. The van der Waals surface area contributed by atoms with E-state index in [-0.39, 0.29) is 6.61 Å². The van der Waals surface area contributed by atoms with Gasteiger partial charge in [0, 0.05) is 5.41 Å². The first-order valence-corrected chi connectivity index (χ1v) is 4.51. The van der Waals surface area contributed by atoms with Crippen molar-refractivity contribution in [3.05, 3.63) is 0 Å². The maximum atomic E-state index is 11.0. The molecule has 0 aliphatic rings. The van der Waals surface area contributed by atoms with Crippen molar-refractivity contribution in [2.24, 2.45) is 11.1 Å². The van der Waals surface area contributed by atoms with Gasteiger partial charge < -0.3 is 20.7 Å². The molecule has 0 rings (SSSR count). The van der Waals surface area contributed by atoms with Crippen molar-refractivity contribution in [3.8, 4) is 0 Å². The smallest absolute Gasteiger partial charge is 0.333 e. The minimum atomic E-state index is -1.58. The Morgan fingerprint density at radius 2 is 1.93 bits per heavy atom. The molecule has 0 saturated heterocycles. The number of ether oxygens (including phenoxy) is 1. The van der Waals surface area contributed by atoms with Gasteiger partial charge in [-0.15, -0.1) is 0 Å². The molecule has 0 fully saturated rings. The van der Waals surface area contributed by atoms with Crippen LogP contribution in [0, 0.1) is 5.41 Å². The third-order valence-electron chi connectivity index (χ3n) is 1.93. The lowest BCUT2D eigenvalue weighted by atomic mass is 9.87. The van der Waals surface area contributed by atoms with Gasteiger partial charge in [0.25, 0.3) is 0 Å². The lowest BCUT2D eigenvalue weighted by Gasteiger charge is -2.27. The minimum Gasteiger partial charge on any atom is -0.479 e. The monoisotopic (exact) mass is 219 g/mol. The van der Waals surface area contributed by atoms with Gasteiger partial charge >= 0.3 is 11.9 Å². The molecule has 0 aromatic heterocycles. The Hall–Kier alpha value is -1.14. The van der Waals surface area contributed by atoms with Crippen LogP contribution in [0.15, 0.2) is 0 Å².